The zero-order valence-corrected chi connectivity index (χ0v) is 15.5. The maximum absolute atomic E-state index is 12.5. The van der Waals surface area contributed by atoms with E-state index in [2.05, 4.69) is 33.9 Å². The van der Waals surface area contributed by atoms with E-state index < -0.39 is 0 Å². The predicted octanol–water partition coefficient (Wildman–Crippen LogP) is 2.96. The summed E-state index contributed by atoms with van der Waals surface area (Å²) in [7, 11) is 0. The molecule has 2 aliphatic rings. The molecule has 0 radical (unpaired) electrons. The Bertz CT molecular complexity index is 480. The number of carbonyl (C=O) groups is 1. The molecular formula is C17H28ClN3OS. The van der Waals surface area contributed by atoms with Gasteiger partial charge < -0.3 is 10.6 Å². The first-order valence-corrected chi connectivity index (χ1v) is 9.36. The molecule has 23 heavy (non-hydrogen) atoms. The van der Waals surface area contributed by atoms with E-state index in [-0.39, 0.29) is 29.9 Å². The summed E-state index contributed by atoms with van der Waals surface area (Å²) in [6, 6.07) is 4.23. The van der Waals surface area contributed by atoms with Crippen molar-refractivity contribution in [3.8, 4) is 0 Å². The number of thiophene rings is 1. The van der Waals surface area contributed by atoms with E-state index >= 15 is 0 Å². The van der Waals surface area contributed by atoms with Gasteiger partial charge in [-0.2, -0.15) is 0 Å². The van der Waals surface area contributed by atoms with Crippen molar-refractivity contribution >= 4 is 29.7 Å². The van der Waals surface area contributed by atoms with Crippen LogP contribution < -0.4 is 10.6 Å². The lowest BCUT2D eigenvalue weighted by Gasteiger charge is -2.49. The standard InChI is InChI=1S/C17H27N3OS.ClH/c1-14(15-6-5-11-22-15)19-16(21)12-20-10-9-18-13-17(20)7-3-2-4-8-17;/h5-6,11,14,18H,2-4,7-10,12-13H2,1H3,(H,19,21);1H. The summed E-state index contributed by atoms with van der Waals surface area (Å²) in [5, 5.41) is 8.76. The molecule has 1 atom stereocenters. The minimum atomic E-state index is 0. The third-order valence-electron chi connectivity index (χ3n) is 5.15. The van der Waals surface area contributed by atoms with Gasteiger partial charge in [0.1, 0.15) is 0 Å². The normalized spacial score (nSPS) is 22.3. The van der Waals surface area contributed by atoms with Crippen LogP contribution in [-0.2, 0) is 4.79 Å². The van der Waals surface area contributed by atoms with E-state index in [0.29, 0.717) is 6.54 Å². The van der Waals surface area contributed by atoms with Gasteiger partial charge in [0.05, 0.1) is 12.6 Å². The van der Waals surface area contributed by atoms with Gasteiger partial charge >= 0.3 is 0 Å². The summed E-state index contributed by atoms with van der Waals surface area (Å²) in [6.45, 7) is 5.63. The second-order valence-corrected chi connectivity index (χ2v) is 7.67. The van der Waals surface area contributed by atoms with E-state index in [0.717, 1.165) is 19.6 Å². The topological polar surface area (TPSA) is 44.4 Å². The van der Waals surface area contributed by atoms with Gasteiger partial charge in [-0.15, -0.1) is 23.7 Å². The van der Waals surface area contributed by atoms with E-state index in [1.165, 1.54) is 37.0 Å². The number of carbonyl (C=O) groups excluding carboxylic acids is 1. The zero-order valence-electron chi connectivity index (χ0n) is 13.8. The number of piperazine rings is 1. The molecule has 130 valence electrons. The molecule has 1 saturated heterocycles. The molecule has 4 nitrogen and oxygen atoms in total. The van der Waals surface area contributed by atoms with Crippen LogP contribution in [-0.4, -0.2) is 42.5 Å². The lowest BCUT2D eigenvalue weighted by atomic mass is 9.79. The summed E-state index contributed by atoms with van der Waals surface area (Å²) in [5.41, 5.74) is 0.222. The summed E-state index contributed by atoms with van der Waals surface area (Å²) in [6.07, 6.45) is 6.40. The monoisotopic (exact) mass is 357 g/mol. The van der Waals surface area contributed by atoms with Gasteiger partial charge in [-0.1, -0.05) is 25.3 Å². The van der Waals surface area contributed by atoms with Crippen LogP contribution in [0.3, 0.4) is 0 Å². The Morgan fingerprint density at radius 1 is 1.43 bits per heavy atom. The predicted molar refractivity (Wildman–Crippen MR) is 98.4 cm³/mol. The third kappa shape index (κ3) is 4.47. The zero-order chi connectivity index (χ0) is 15.4. The molecule has 1 aromatic heterocycles. The highest BCUT2D eigenvalue weighted by Crippen LogP contribution is 2.34. The molecule has 1 aliphatic carbocycles. The van der Waals surface area contributed by atoms with Gasteiger partial charge in [0.2, 0.25) is 5.91 Å². The Morgan fingerprint density at radius 3 is 2.91 bits per heavy atom. The third-order valence-corrected chi connectivity index (χ3v) is 6.20. The number of rotatable bonds is 4. The van der Waals surface area contributed by atoms with Gasteiger partial charge in [0, 0.05) is 30.1 Å². The van der Waals surface area contributed by atoms with E-state index in [1.54, 1.807) is 11.3 Å². The highest BCUT2D eigenvalue weighted by molar-refractivity contribution is 7.10. The minimum absolute atomic E-state index is 0. The van der Waals surface area contributed by atoms with Crippen molar-refractivity contribution in [2.24, 2.45) is 0 Å². The fourth-order valence-corrected chi connectivity index (χ4v) is 4.64. The Labute approximate surface area is 149 Å². The number of nitrogens with one attached hydrogen (secondary N) is 2. The number of nitrogens with zero attached hydrogens (tertiary/aromatic N) is 1. The lowest BCUT2D eigenvalue weighted by Crippen LogP contribution is -2.63. The van der Waals surface area contributed by atoms with Crippen LogP contribution >= 0.6 is 23.7 Å². The number of halogens is 1. The Balaban J connectivity index is 0.00000192. The summed E-state index contributed by atoms with van der Waals surface area (Å²) >= 11 is 1.70. The fourth-order valence-electron chi connectivity index (χ4n) is 3.90. The lowest BCUT2D eigenvalue weighted by molar-refractivity contribution is -0.125. The van der Waals surface area contributed by atoms with Gasteiger partial charge in [-0.3, -0.25) is 9.69 Å². The molecule has 1 saturated carbocycles. The summed E-state index contributed by atoms with van der Waals surface area (Å²) in [5.74, 6) is 0.160. The molecule has 2 fully saturated rings. The quantitative estimate of drug-likeness (QED) is 0.870. The smallest absolute Gasteiger partial charge is 0.234 e. The maximum Gasteiger partial charge on any atom is 0.234 e. The van der Waals surface area contributed by atoms with Crippen molar-refractivity contribution in [2.75, 3.05) is 26.2 Å². The average Bonchev–Trinajstić information content (AvgIpc) is 3.05. The molecule has 0 aromatic carbocycles. The van der Waals surface area contributed by atoms with Gasteiger partial charge in [-0.25, -0.2) is 0 Å². The first-order valence-electron chi connectivity index (χ1n) is 8.48. The number of hydrogen-bond donors (Lipinski definition) is 2. The molecule has 1 spiro atoms. The molecule has 3 rings (SSSR count). The number of amides is 1. The molecule has 2 N–H and O–H groups in total. The van der Waals surface area contributed by atoms with Crippen LogP contribution in [0, 0.1) is 0 Å². The molecule has 1 aromatic rings. The van der Waals surface area contributed by atoms with E-state index in [1.807, 2.05) is 6.07 Å². The van der Waals surface area contributed by atoms with Crippen LogP contribution in [0.4, 0.5) is 0 Å². The molecule has 1 unspecified atom stereocenters. The van der Waals surface area contributed by atoms with Gasteiger partial charge in [0.25, 0.3) is 0 Å². The molecule has 1 aliphatic heterocycles. The highest BCUT2D eigenvalue weighted by Gasteiger charge is 2.40. The SMILES string of the molecule is CC(NC(=O)CN1CCNCC12CCCCC2)c1cccs1.Cl. The van der Waals surface area contributed by atoms with Crippen LogP contribution in [0.5, 0.6) is 0 Å². The maximum atomic E-state index is 12.5. The molecule has 2 heterocycles. The van der Waals surface area contributed by atoms with Crippen molar-refractivity contribution in [3.63, 3.8) is 0 Å². The van der Waals surface area contributed by atoms with Crippen molar-refractivity contribution in [3.05, 3.63) is 22.4 Å². The van der Waals surface area contributed by atoms with Crippen LogP contribution in [0.15, 0.2) is 17.5 Å². The molecular weight excluding hydrogens is 330 g/mol. The molecule has 0 bridgehead atoms. The Hall–Kier alpha value is -0.620. The first-order chi connectivity index (χ1) is 10.7. The van der Waals surface area contributed by atoms with Crippen LogP contribution in [0.2, 0.25) is 0 Å². The Kier molecular flexibility index (Phi) is 6.89. The average molecular weight is 358 g/mol. The summed E-state index contributed by atoms with van der Waals surface area (Å²) in [4.78, 5) is 16.1. The second kappa shape index (κ2) is 8.47. The number of hydrogen-bond acceptors (Lipinski definition) is 4. The van der Waals surface area contributed by atoms with Gasteiger partial charge in [0.15, 0.2) is 0 Å². The van der Waals surface area contributed by atoms with E-state index in [4.69, 9.17) is 0 Å². The van der Waals surface area contributed by atoms with Crippen molar-refractivity contribution in [1.82, 2.24) is 15.5 Å². The highest BCUT2D eigenvalue weighted by atomic mass is 35.5. The second-order valence-electron chi connectivity index (χ2n) is 6.69. The van der Waals surface area contributed by atoms with Gasteiger partial charge in [-0.05, 0) is 31.2 Å². The fraction of sp³-hybridized carbons (Fsp3) is 0.706. The van der Waals surface area contributed by atoms with E-state index in [9.17, 15) is 4.79 Å². The molecule has 1 amide bonds. The Morgan fingerprint density at radius 2 is 2.22 bits per heavy atom. The largest absolute Gasteiger partial charge is 0.348 e. The van der Waals surface area contributed by atoms with Crippen molar-refractivity contribution in [1.29, 1.82) is 0 Å². The van der Waals surface area contributed by atoms with Crippen LogP contribution in [0.1, 0.15) is 49.9 Å². The first kappa shape index (κ1) is 18.7. The van der Waals surface area contributed by atoms with Crippen LogP contribution in [0.25, 0.3) is 0 Å². The minimum Gasteiger partial charge on any atom is -0.348 e. The van der Waals surface area contributed by atoms with Crippen molar-refractivity contribution in [2.45, 2.75) is 50.6 Å². The van der Waals surface area contributed by atoms with Crippen molar-refractivity contribution < 1.29 is 4.79 Å². The molecule has 6 heteroatoms. The summed E-state index contributed by atoms with van der Waals surface area (Å²) < 4.78 is 0.